The summed E-state index contributed by atoms with van der Waals surface area (Å²) in [6, 6.07) is 6.27. The molecule has 30 heavy (non-hydrogen) atoms. The fourth-order valence-corrected chi connectivity index (χ4v) is 3.95. The van der Waals surface area contributed by atoms with Crippen molar-refractivity contribution >= 4 is 17.5 Å². The normalized spacial score (nSPS) is 19.4. The zero-order chi connectivity index (χ0) is 22.2. The van der Waals surface area contributed by atoms with Crippen LogP contribution in [0.3, 0.4) is 0 Å². The Morgan fingerprint density at radius 3 is 2.43 bits per heavy atom. The second-order valence-corrected chi connectivity index (χ2v) is 7.59. The van der Waals surface area contributed by atoms with Crippen LogP contribution in [0.2, 0.25) is 0 Å². The summed E-state index contributed by atoms with van der Waals surface area (Å²) < 4.78 is 39.1. The van der Waals surface area contributed by atoms with Crippen LogP contribution in [0.5, 0.6) is 0 Å². The van der Waals surface area contributed by atoms with Gasteiger partial charge in [0.25, 0.3) is 5.91 Å². The van der Waals surface area contributed by atoms with Gasteiger partial charge in [-0.05, 0) is 37.0 Å². The number of carbonyl (C=O) groups is 3. The number of nitrogens with zero attached hydrogens (tertiary/aromatic N) is 2. The lowest BCUT2D eigenvalue weighted by atomic mass is 9.87. The molecule has 2 aromatic rings. The number of aromatic nitrogens is 2. The Morgan fingerprint density at radius 2 is 1.87 bits per heavy atom. The van der Waals surface area contributed by atoms with Gasteiger partial charge in [0, 0.05) is 32.0 Å². The number of hydrogen-bond acceptors (Lipinski definition) is 4. The van der Waals surface area contributed by atoms with Crippen LogP contribution in [0, 0.1) is 19.8 Å². The molecule has 1 amide bonds. The van der Waals surface area contributed by atoms with E-state index in [9.17, 15) is 27.6 Å². The van der Waals surface area contributed by atoms with Gasteiger partial charge in [-0.2, -0.15) is 18.3 Å². The first-order valence-corrected chi connectivity index (χ1v) is 9.52. The minimum absolute atomic E-state index is 0.0640. The fraction of sp³-hybridized carbons (Fsp3) is 0.429. The first kappa shape index (κ1) is 21.7. The number of amides is 1. The highest BCUT2D eigenvalue weighted by Crippen LogP contribution is 2.36. The van der Waals surface area contributed by atoms with Crippen molar-refractivity contribution in [3.05, 3.63) is 52.3 Å². The van der Waals surface area contributed by atoms with Gasteiger partial charge >= 0.3 is 6.18 Å². The summed E-state index contributed by atoms with van der Waals surface area (Å²) in [6.45, 7) is 3.79. The number of ketones is 2. The minimum atomic E-state index is -4.64. The fourth-order valence-electron chi connectivity index (χ4n) is 3.95. The van der Waals surface area contributed by atoms with E-state index in [0.717, 1.165) is 21.4 Å². The van der Waals surface area contributed by atoms with E-state index in [4.69, 9.17) is 0 Å². The summed E-state index contributed by atoms with van der Waals surface area (Å²) in [5.41, 5.74) is 1.13. The zero-order valence-electron chi connectivity index (χ0n) is 16.8. The molecule has 0 radical (unpaired) electrons. The summed E-state index contributed by atoms with van der Waals surface area (Å²) in [4.78, 5) is 37.6. The molecular weight excluding hydrogens is 399 g/mol. The van der Waals surface area contributed by atoms with Crippen LogP contribution in [-0.4, -0.2) is 33.8 Å². The van der Waals surface area contributed by atoms with E-state index < -0.39 is 29.6 Å². The monoisotopic (exact) mass is 421 g/mol. The second-order valence-electron chi connectivity index (χ2n) is 7.59. The van der Waals surface area contributed by atoms with Crippen LogP contribution < -0.4 is 5.32 Å². The number of alkyl halides is 3. The molecule has 1 heterocycles. The van der Waals surface area contributed by atoms with E-state index in [2.05, 4.69) is 10.4 Å². The quantitative estimate of drug-likeness (QED) is 0.753. The van der Waals surface area contributed by atoms with Crippen LogP contribution >= 0.6 is 0 Å². The average Bonchev–Trinajstić information content (AvgIpc) is 3.16. The Bertz CT molecular complexity index is 990. The number of hydrogen-bond donors (Lipinski definition) is 1. The lowest BCUT2D eigenvalue weighted by Gasteiger charge is -2.15. The van der Waals surface area contributed by atoms with E-state index in [1.54, 1.807) is 0 Å². The van der Waals surface area contributed by atoms with Gasteiger partial charge in [-0.15, -0.1) is 0 Å². The molecule has 1 aliphatic carbocycles. The standard InChI is InChI=1S/C21H22F3N3O3/c1-11-5-4-6-12(2)17(11)18-15(28)9-13(19(18)29)7-8-25-20(30)14-10-16(21(22,23)24)26-27(14)3/h4-6,10,13,18H,7-9H2,1-3H3,(H,25,30). The predicted octanol–water partition coefficient (Wildman–Crippen LogP) is 3.12. The van der Waals surface area contributed by atoms with E-state index in [-0.39, 0.29) is 36.6 Å². The number of nitrogens with one attached hydrogen (secondary N) is 1. The molecule has 160 valence electrons. The molecule has 2 atom stereocenters. The number of Topliss-reactive ketones (excluding diaryl/α,β-unsaturated/α-hetero) is 2. The molecule has 0 bridgehead atoms. The molecule has 3 rings (SSSR count). The molecule has 2 unspecified atom stereocenters. The van der Waals surface area contributed by atoms with E-state index in [0.29, 0.717) is 6.07 Å². The number of rotatable bonds is 5. The summed E-state index contributed by atoms with van der Waals surface area (Å²) in [5, 5.41) is 5.82. The Labute approximate surface area is 171 Å². The van der Waals surface area contributed by atoms with E-state index >= 15 is 0 Å². The maximum Gasteiger partial charge on any atom is 0.435 e. The lowest BCUT2D eigenvalue weighted by molar-refractivity contribution is -0.141. The Hall–Kier alpha value is -2.97. The van der Waals surface area contributed by atoms with Crippen molar-refractivity contribution in [2.45, 2.75) is 38.8 Å². The summed E-state index contributed by atoms with van der Waals surface area (Å²) in [7, 11) is 1.25. The average molecular weight is 421 g/mol. The molecule has 6 nitrogen and oxygen atoms in total. The molecule has 1 N–H and O–H groups in total. The van der Waals surface area contributed by atoms with Gasteiger partial charge < -0.3 is 5.32 Å². The van der Waals surface area contributed by atoms with E-state index in [1.165, 1.54) is 7.05 Å². The molecule has 1 fully saturated rings. The van der Waals surface area contributed by atoms with Crippen LogP contribution in [-0.2, 0) is 22.8 Å². The van der Waals surface area contributed by atoms with Crippen molar-refractivity contribution in [3.8, 4) is 0 Å². The lowest BCUT2D eigenvalue weighted by Crippen LogP contribution is -2.28. The maximum absolute atomic E-state index is 12.9. The topological polar surface area (TPSA) is 81.1 Å². The van der Waals surface area contributed by atoms with Gasteiger partial charge in [0.1, 0.15) is 17.4 Å². The first-order chi connectivity index (χ1) is 14.0. The van der Waals surface area contributed by atoms with Crippen LogP contribution in [0.15, 0.2) is 24.3 Å². The number of aryl methyl sites for hydroxylation is 3. The molecule has 0 saturated heterocycles. The van der Waals surface area contributed by atoms with Crippen LogP contribution in [0.4, 0.5) is 13.2 Å². The van der Waals surface area contributed by atoms with E-state index in [1.807, 2.05) is 32.0 Å². The van der Waals surface area contributed by atoms with Gasteiger partial charge in [-0.25, -0.2) is 0 Å². The molecule has 0 aliphatic heterocycles. The van der Waals surface area contributed by atoms with Crippen molar-refractivity contribution in [2.75, 3.05) is 6.54 Å². The van der Waals surface area contributed by atoms with Gasteiger partial charge in [-0.3, -0.25) is 19.1 Å². The zero-order valence-corrected chi connectivity index (χ0v) is 16.8. The third kappa shape index (κ3) is 4.15. The molecular formula is C21H22F3N3O3. The summed E-state index contributed by atoms with van der Waals surface area (Å²) in [5.74, 6) is -2.36. The Balaban J connectivity index is 1.64. The van der Waals surface area contributed by atoms with Crippen molar-refractivity contribution < 1.29 is 27.6 Å². The first-order valence-electron chi connectivity index (χ1n) is 9.52. The molecule has 1 aliphatic rings. The third-order valence-corrected chi connectivity index (χ3v) is 5.47. The third-order valence-electron chi connectivity index (χ3n) is 5.47. The molecule has 9 heteroatoms. The van der Waals surface area contributed by atoms with Crippen LogP contribution in [0.25, 0.3) is 0 Å². The summed E-state index contributed by atoms with van der Waals surface area (Å²) >= 11 is 0. The largest absolute Gasteiger partial charge is 0.435 e. The van der Waals surface area contributed by atoms with Gasteiger partial charge in [0.15, 0.2) is 11.5 Å². The smallest absolute Gasteiger partial charge is 0.351 e. The van der Waals surface area contributed by atoms with Gasteiger partial charge in [0.2, 0.25) is 0 Å². The van der Waals surface area contributed by atoms with Crippen molar-refractivity contribution in [2.24, 2.45) is 13.0 Å². The van der Waals surface area contributed by atoms with Crippen molar-refractivity contribution in [1.29, 1.82) is 0 Å². The number of carbonyl (C=O) groups excluding carboxylic acids is 3. The Kier molecular flexibility index (Phi) is 5.83. The van der Waals surface area contributed by atoms with Gasteiger partial charge in [0.05, 0.1) is 0 Å². The number of halogens is 3. The second kappa shape index (κ2) is 8.04. The Morgan fingerprint density at radius 1 is 1.23 bits per heavy atom. The maximum atomic E-state index is 12.9. The molecule has 1 saturated carbocycles. The van der Waals surface area contributed by atoms with Crippen LogP contribution in [0.1, 0.15) is 51.6 Å². The summed E-state index contributed by atoms with van der Waals surface area (Å²) in [6.07, 6.45) is -4.31. The van der Waals surface area contributed by atoms with Gasteiger partial charge in [-0.1, -0.05) is 18.2 Å². The molecule has 1 aromatic heterocycles. The SMILES string of the molecule is Cc1cccc(C)c1C1C(=O)CC(CCNC(=O)c2cc(C(F)(F)F)nn2C)C1=O. The molecule has 1 aromatic carbocycles. The van der Waals surface area contributed by atoms with Crippen molar-refractivity contribution in [1.82, 2.24) is 15.1 Å². The highest BCUT2D eigenvalue weighted by atomic mass is 19.4. The predicted molar refractivity (Wildman–Crippen MR) is 102 cm³/mol. The number of benzene rings is 1. The molecule has 0 spiro atoms. The highest BCUT2D eigenvalue weighted by Gasteiger charge is 2.42. The highest BCUT2D eigenvalue weighted by molar-refractivity contribution is 6.15. The minimum Gasteiger partial charge on any atom is -0.351 e. The van der Waals surface area contributed by atoms with Crippen molar-refractivity contribution in [3.63, 3.8) is 0 Å².